The molecule has 3 saturated heterocycles. The standard InChI is InChI=1S/C31H44N4O4/c36-28(35-16-7-2-8-17-35)23-34-18-12-26-25(22-34)11-5-6-13-31(14-19-39-20-15-31)30(38)33-27(29(37)32-26)21-24-9-3-1-4-10-24/h1,3-6,9-10,25-27H,2,7-8,11-23H2,(H,32,37)(H,33,38)/b6-5+/t25-,26+,27-/m1/s1. The molecule has 3 fully saturated rings. The summed E-state index contributed by atoms with van der Waals surface area (Å²) in [5, 5.41) is 6.48. The molecule has 3 atom stereocenters. The lowest BCUT2D eigenvalue weighted by Gasteiger charge is -2.41. The zero-order valence-corrected chi connectivity index (χ0v) is 23.1. The van der Waals surface area contributed by atoms with Gasteiger partial charge in [-0.05, 0) is 62.8 Å². The van der Waals surface area contributed by atoms with Crippen molar-refractivity contribution < 1.29 is 19.1 Å². The minimum absolute atomic E-state index is 0.00938. The largest absolute Gasteiger partial charge is 0.381 e. The molecule has 4 heterocycles. The fraction of sp³-hybridized carbons (Fsp3) is 0.645. The Morgan fingerprint density at radius 2 is 1.74 bits per heavy atom. The topological polar surface area (TPSA) is 91.0 Å². The van der Waals surface area contributed by atoms with E-state index in [9.17, 15) is 14.4 Å². The molecular formula is C31H44N4O4. The Bertz CT molecular complexity index is 1020. The van der Waals surface area contributed by atoms with E-state index in [4.69, 9.17) is 4.74 Å². The van der Waals surface area contributed by atoms with Gasteiger partial charge in [-0.2, -0.15) is 0 Å². The lowest BCUT2D eigenvalue weighted by atomic mass is 9.75. The molecule has 5 rings (SSSR count). The van der Waals surface area contributed by atoms with Gasteiger partial charge in [0.2, 0.25) is 17.7 Å². The number of carbonyl (C=O) groups excluding carboxylic acids is 3. The molecule has 4 aliphatic rings. The second-order valence-electron chi connectivity index (χ2n) is 11.9. The number of fused-ring (bicyclic) bond motifs is 1. The fourth-order valence-corrected chi connectivity index (χ4v) is 6.63. The van der Waals surface area contributed by atoms with E-state index in [0.29, 0.717) is 45.4 Å². The Morgan fingerprint density at radius 1 is 0.974 bits per heavy atom. The van der Waals surface area contributed by atoms with Gasteiger partial charge < -0.3 is 20.3 Å². The molecular weight excluding hydrogens is 492 g/mol. The van der Waals surface area contributed by atoms with Crippen molar-refractivity contribution in [2.75, 3.05) is 45.9 Å². The van der Waals surface area contributed by atoms with Gasteiger partial charge in [0.25, 0.3) is 0 Å². The highest BCUT2D eigenvalue weighted by Crippen LogP contribution is 2.36. The average Bonchev–Trinajstić information content (AvgIpc) is 2.97. The summed E-state index contributed by atoms with van der Waals surface area (Å²) < 4.78 is 5.60. The molecule has 3 amide bonds. The zero-order valence-electron chi connectivity index (χ0n) is 23.1. The summed E-state index contributed by atoms with van der Waals surface area (Å²) in [6.45, 7) is 4.88. The quantitative estimate of drug-likeness (QED) is 0.578. The van der Waals surface area contributed by atoms with Gasteiger partial charge in [0.15, 0.2) is 0 Å². The van der Waals surface area contributed by atoms with Crippen molar-refractivity contribution in [2.24, 2.45) is 11.3 Å². The second-order valence-corrected chi connectivity index (χ2v) is 11.9. The number of amides is 3. The van der Waals surface area contributed by atoms with E-state index in [1.807, 2.05) is 35.2 Å². The predicted octanol–water partition coefficient (Wildman–Crippen LogP) is 2.68. The molecule has 0 radical (unpaired) electrons. The maximum Gasteiger partial charge on any atom is 0.243 e. The van der Waals surface area contributed by atoms with E-state index >= 15 is 0 Å². The van der Waals surface area contributed by atoms with Crippen LogP contribution in [0.4, 0.5) is 0 Å². The molecule has 8 heteroatoms. The number of allylic oxidation sites excluding steroid dienone is 2. The van der Waals surface area contributed by atoms with Gasteiger partial charge in [0.1, 0.15) is 6.04 Å². The van der Waals surface area contributed by atoms with Crippen molar-refractivity contribution in [2.45, 2.75) is 69.9 Å². The number of nitrogens with one attached hydrogen (secondary N) is 2. The van der Waals surface area contributed by atoms with Gasteiger partial charge >= 0.3 is 0 Å². The van der Waals surface area contributed by atoms with Gasteiger partial charge in [-0.3, -0.25) is 19.3 Å². The second kappa shape index (κ2) is 13.1. The van der Waals surface area contributed by atoms with Gasteiger partial charge in [-0.25, -0.2) is 0 Å². The summed E-state index contributed by atoms with van der Waals surface area (Å²) in [6.07, 6.45) is 11.8. The van der Waals surface area contributed by atoms with Gasteiger partial charge in [0.05, 0.1) is 12.0 Å². The minimum Gasteiger partial charge on any atom is -0.381 e. The van der Waals surface area contributed by atoms with Crippen molar-refractivity contribution in [1.82, 2.24) is 20.4 Å². The van der Waals surface area contributed by atoms with Crippen LogP contribution in [0.15, 0.2) is 42.5 Å². The summed E-state index contributed by atoms with van der Waals surface area (Å²) in [6, 6.07) is 9.27. The summed E-state index contributed by atoms with van der Waals surface area (Å²) in [7, 11) is 0. The maximum absolute atomic E-state index is 13.7. The van der Waals surface area contributed by atoms with E-state index in [0.717, 1.165) is 57.4 Å². The number of carbonyl (C=O) groups is 3. The van der Waals surface area contributed by atoms with E-state index in [1.54, 1.807) is 0 Å². The first kappa shape index (κ1) is 27.8. The van der Waals surface area contributed by atoms with Crippen LogP contribution < -0.4 is 10.6 Å². The van der Waals surface area contributed by atoms with E-state index in [2.05, 4.69) is 27.7 Å². The molecule has 1 aromatic rings. The Hall–Kier alpha value is -2.71. The first-order valence-corrected chi connectivity index (χ1v) is 14.9. The van der Waals surface area contributed by atoms with Gasteiger partial charge in [-0.1, -0.05) is 42.5 Å². The van der Waals surface area contributed by atoms with Crippen LogP contribution in [0.1, 0.15) is 56.9 Å². The normalized spacial score (nSPS) is 29.3. The summed E-state index contributed by atoms with van der Waals surface area (Å²) >= 11 is 0. The Labute approximate surface area is 232 Å². The van der Waals surface area contributed by atoms with Crippen LogP contribution in [0, 0.1) is 11.3 Å². The Balaban J connectivity index is 1.33. The van der Waals surface area contributed by atoms with Crippen molar-refractivity contribution in [3.05, 3.63) is 48.0 Å². The number of hydrogen-bond acceptors (Lipinski definition) is 5. The number of hydrogen-bond donors (Lipinski definition) is 2. The highest BCUT2D eigenvalue weighted by molar-refractivity contribution is 5.90. The molecule has 0 aromatic heterocycles. The first-order chi connectivity index (χ1) is 19.0. The molecule has 0 unspecified atom stereocenters. The van der Waals surface area contributed by atoms with E-state index < -0.39 is 11.5 Å². The monoisotopic (exact) mass is 536 g/mol. The Morgan fingerprint density at radius 3 is 2.51 bits per heavy atom. The summed E-state index contributed by atoms with van der Waals surface area (Å²) in [5.74, 6) is 0.278. The smallest absolute Gasteiger partial charge is 0.243 e. The lowest BCUT2D eigenvalue weighted by molar-refractivity contribution is -0.140. The molecule has 1 spiro atoms. The molecule has 39 heavy (non-hydrogen) atoms. The Kier molecular flexibility index (Phi) is 9.35. The highest BCUT2D eigenvalue weighted by atomic mass is 16.5. The molecule has 0 bridgehead atoms. The maximum atomic E-state index is 13.7. The third-order valence-corrected chi connectivity index (χ3v) is 9.16. The third-order valence-electron chi connectivity index (χ3n) is 9.16. The van der Waals surface area contributed by atoms with Crippen LogP contribution in [0.5, 0.6) is 0 Å². The summed E-state index contributed by atoms with van der Waals surface area (Å²) in [4.78, 5) is 44.7. The number of likely N-dealkylation sites (tertiary alicyclic amines) is 2. The van der Waals surface area contributed by atoms with Crippen LogP contribution in [-0.2, 0) is 25.5 Å². The number of rotatable bonds is 4. The van der Waals surface area contributed by atoms with Crippen molar-refractivity contribution in [3.8, 4) is 0 Å². The van der Waals surface area contributed by atoms with E-state index in [-0.39, 0.29) is 29.7 Å². The SMILES string of the molecule is O=C1N[C@H]2CCN(CC(=O)N3CCCCC3)C[C@H]2C/C=C/CC2(CCOCC2)C(=O)N[C@@H]1Cc1ccccc1. The fourth-order valence-electron chi connectivity index (χ4n) is 6.63. The van der Waals surface area contributed by atoms with Gasteiger partial charge in [-0.15, -0.1) is 0 Å². The summed E-state index contributed by atoms with van der Waals surface area (Å²) in [5.41, 5.74) is 0.468. The third kappa shape index (κ3) is 7.09. The number of piperidine rings is 2. The van der Waals surface area contributed by atoms with Crippen LogP contribution in [0.2, 0.25) is 0 Å². The number of ether oxygens (including phenoxy) is 1. The minimum atomic E-state index is -0.637. The van der Waals surface area contributed by atoms with Crippen molar-refractivity contribution >= 4 is 17.7 Å². The lowest BCUT2D eigenvalue weighted by Crippen LogP contribution is -2.58. The molecule has 8 nitrogen and oxygen atoms in total. The molecule has 4 aliphatic heterocycles. The van der Waals surface area contributed by atoms with Crippen LogP contribution in [-0.4, -0.2) is 85.5 Å². The molecule has 212 valence electrons. The van der Waals surface area contributed by atoms with Crippen LogP contribution in [0.3, 0.4) is 0 Å². The molecule has 2 N–H and O–H groups in total. The zero-order chi connectivity index (χ0) is 27.1. The number of nitrogens with zero attached hydrogens (tertiary/aromatic N) is 2. The van der Waals surface area contributed by atoms with Crippen LogP contribution >= 0.6 is 0 Å². The predicted molar refractivity (Wildman–Crippen MR) is 150 cm³/mol. The number of benzene rings is 1. The highest BCUT2D eigenvalue weighted by Gasteiger charge is 2.41. The molecule has 0 saturated carbocycles. The first-order valence-electron chi connectivity index (χ1n) is 14.9. The van der Waals surface area contributed by atoms with Gasteiger partial charge in [0, 0.05) is 51.9 Å². The molecule has 0 aliphatic carbocycles. The van der Waals surface area contributed by atoms with Crippen molar-refractivity contribution in [3.63, 3.8) is 0 Å². The molecule has 1 aromatic carbocycles. The van der Waals surface area contributed by atoms with Crippen LogP contribution in [0.25, 0.3) is 0 Å². The van der Waals surface area contributed by atoms with Crippen molar-refractivity contribution in [1.29, 1.82) is 0 Å². The van der Waals surface area contributed by atoms with E-state index in [1.165, 1.54) is 6.42 Å². The average molecular weight is 537 g/mol.